The number of aliphatic hydroxyl groups excluding tert-OH is 1. The molecule has 1 fully saturated rings. The highest BCUT2D eigenvalue weighted by atomic mass is 16.5. The molecule has 1 aliphatic carbocycles. The van der Waals surface area contributed by atoms with Crippen LogP contribution in [-0.4, -0.2) is 45.3 Å². The van der Waals surface area contributed by atoms with Crippen LogP contribution < -0.4 is 5.32 Å². The van der Waals surface area contributed by atoms with Crippen LogP contribution in [-0.2, 0) is 22.6 Å². The zero-order valence-corrected chi connectivity index (χ0v) is 12.5. The van der Waals surface area contributed by atoms with E-state index in [9.17, 15) is 4.79 Å². The first-order valence-corrected chi connectivity index (χ1v) is 7.62. The van der Waals surface area contributed by atoms with E-state index < -0.39 is 0 Å². The van der Waals surface area contributed by atoms with Gasteiger partial charge in [-0.15, -0.1) is 5.10 Å². The number of aromatic nitrogens is 3. The van der Waals surface area contributed by atoms with E-state index in [4.69, 9.17) is 9.84 Å². The van der Waals surface area contributed by atoms with Crippen molar-refractivity contribution >= 4 is 5.97 Å². The van der Waals surface area contributed by atoms with Crippen LogP contribution in [0.25, 0.3) is 0 Å². The molecule has 0 unspecified atom stereocenters. The average molecular weight is 296 g/mol. The van der Waals surface area contributed by atoms with Gasteiger partial charge in [0, 0.05) is 18.8 Å². The predicted octanol–water partition coefficient (Wildman–Crippen LogP) is 0.482. The van der Waals surface area contributed by atoms with Gasteiger partial charge >= 0.3 is 5.97 Å². The van der Waals surface area contributed by atoms with Crippen molar-refractivity contribution in [3.8, 4) is 0 Å². The maximum absolute atomic E-state index is 11.7. The molecule has 0 amide bonds. The van der Waals surface area contributed by atoms with Crippen molar-refractivity contribution in [3.05, 3.63) is 11.9 Å². The number of hydrogen-bond donors (Lipinski definition) is 2. The zero-order valence-electron chi connectivity index (χ0n) is 12.5. The number of rotatable bonds is 7. The maximum Gasteiger partial charge on any atom is 0.308 e. The first kappa shape index (κ1) is 15.9. The van der Waals surface area contributed by atoms with Crippen molar-refractivity contribution in [2.75, 3.05) is 13.2 Å². The van der Waals surface area contributed by atoms with Crippen molar-refractivity contribution in [1.29, 1.82) is 0 Å². The highest BCUT2D eigenvalue weighted by Gasteiger charge is 2.26. The minimum Gasteiger partial charge on any atom is -0.466 e. The standard InChI is InChI=1S/C14H24N4O3/c1-2-21-14(20)11-3-5-12(6-4-11)15-9-13-10-18(7-8-19)17-16-13/h10-12,15,19H,2-9H2,1H3. The van der Waals surface area contributed by atoms with Gasteiger partial charge in [0.25, 0.3) is 0 Å². The number of nitrogens with one attached hydrogen (secondary N) is 1. The Morgan fingerprint density at radius 1 is 1.48 bits per heavy atom. The van der Waals surface area contributed by atoms with E-state index >= 15 is 0 Å². The van der Waals surface area contributed by atoms with Crippen LogP contribution in [0.1, 0.15) is 38.3 Å². The third-order valence-corrected chi connectivity index (χ3v) is 3.83. The van der Waals surface area contributed by atoms with Gasteiger partial charge in [-0.3, -0.25) is 4.79 Å². The number of nitrogens with zero attached hydrogens (tertiary/aromatic N) is 3. The summed E-state index contributed by atoms with van der Waals surface area (Å²) >= 11 is 0. The van der Waals surface area contributed by atoms with Crippen LogP contribution in [0, 0.1) is 5.92 Å². The molecular weight excluding hydrogens is 272 g/mol. The third kappa shape index (κ3) is 4.78. The normalized spacial score (nSPS) is 22.2. The molecule has 7 heteroatoms. The van der Waals surface area contributed by atoms with E-state index in [1.54, 1.807) is 4.68 Å². The van der Waals surface area contributed by atoms with Crippen LogP contribution in [0.15, 0.2) is 6.20 Å². The smallest absolute Gasteiger partial charge is 0.308 e. The van der Waals surface area contributed by atoms with Gasteiger partial charge in [0.2, 0.25) is 0 Å². The van der Waals surface area contributed by atoms with Crippen LogP contribution in [0.3, 0.4) is 0 Å². The molecule has 1 heterocycles. The van der Waals surface area contributed by atoms with Gasteiger partial charge < -0.3 is 15.2 Å². The topological polar surface area (TPSA) is 89.3 Å². The lowest BCUT2D eigenvalue weighted by Crippen LogP contribution is -2.35. The molecule has 21 heavy (non-hydrogen) atoms. The summed E-state index contributed by atoms with van der Waals surface area (Å²) in [7, 11) is 0. The summed E-state index contributed by atoms with van der Waals surface area (Å²) in [4.78, 5) is 11.7. The molecule has 1 aromatic rings. The van der Waals surface area contributed by atoms with Gasteiger partial charge in [-0.25, -0.2) is 4.68 Å². The molecule has 2 rings (SSSR count). The second-order valence-corrected chi connectivity index (χ2v) is 5.38. The SMILES string of the molecule is CCOC(=O)C1CCC(NCc2cn(CCO)nn2)CC1. The first-order chi connectivity index (χ1) is 10.2. The molecule has 0 radical (unpaired) electrons. The first-order valence-electron chi connectivity index (χ1n) is 7.62. The van der Waals surface area contributed by atoms with Crippen LogP contribution in [0.4, 0.5) is 0 Å². The summed E-state index contributed by atoms with van der Waals surface area (Å²) < 4.78 is 6.70. The Balaban J connectivity index is 1.69. The molecule has 2 N–H and O–H groups in total. The average Bonchev–Trinajstić information content (AvgIpc) is 2.94. The molecular formula is C14H24N4O3. The molecule has 118 valence electrons. The van der Waals surface area contributed by atoms with Crippen LogP contribution in [0.5, 0.6) is 0 Å². The fourth-order valence-corrected chi connectivity index (χ4v) is 2.67. The summed E-state index contributed by atoms with van der Waals surface area (Å²) in [5.41, 5.74) is 0.871. The Morgan fingerprint density at radius 2 is 2.24 bits per heavy atom. The molecule has 1 saturated carbocycles. The Bertz CT molecular complexity index is 441. The van der Waals surface area contributed by atoms with Crippen molar-refractivity contribution in [3.63, 3.8) is 0 Å². The van der Waals surface area contributed by atoms with Crippen LogP contribution in [0.2, 0.25) is 0 Å². The summed E-state index contributed by atoms with van der Waals surface area (Å²) in [5, 5.41) is 20.3. The van der Waals surface area contributed by atoms with Crippen LogP contribution >= 0.6 is 0 Å². The lowest BCUT2D eigenvalue weighted by molar-refractivity contribution is -0.149. The largest absolute Gasteiger partial charge is 0.466 e. The number of carbonyl (C=O) groups excluding carboxylic acids is 1. The molecule has 1 aromatic heterocycles. The van der Waals surface area contributed by atoms with E-state index in [0.717, 1.165) is 31.4 Å². The van der Waals surface area contributed by atoms with E-state index in [1.807, 2.05) is 13.1 Å². The van der Waals surface area contributed by atoms with Gasteiger partial charge in [0.15, 0.2) is 0 Å². The summed E-state index contributed by atoms with van der Waals surface area (Å²) in [6.07, 6.45) is 5.57. The summed E-state index contributed by atoms with van der Waals surface area (Å²) in [5.74, 6) is 0.0105. The van der Waals surface area contributed by atoms with E-state index in [-0.39, 0.29) is 18.5 Å². The lowest BCUT2D eigenvalue weighted by Gasteiger charge is -2.27. The summed E-state index contributed by atoms with van der Waals surface area (Å²) in [6.45, 7) is 3.50. The van der Waals surface area contributed by atoms with Gasteiger partial charge in [-0.05, 0) is 32.6 Å². The fourth-order valence-electron chi connectivity index (χ4n) is 2.67. The van der Waals surface area contributed by atoms with Gasteiger partial charge in [0.05, 0.1) is 31.4 Å². The minimum atomic E-state index is -0.0529. The molecule has 0 saturated heterocycles. The fraction of sp³-hybridized carbons (Fsp3) is 0.786. The lowest BCUT2D eigenvalue weighted by atomic mass is 9.86. The van der Waals surface area contributed by atoms with E-state index in [1.165, 1.54) is 0 Å². The number of hydrogen-bond acceptors (Lipinski definition) is 6. The summed E-state index contributed by atoms with van der Waals surface area (Å²) in [6, 6.07) is 0.415. The van der Waals surface area contributed by atoms with E-state index in [2.05, 4.69) is 15.6 Å². The predicted molar refractivity (Wildman–Crippen MR) is 76.3 cm³/mol. The highest BCUT2D eigenvalue weighted by Crippen LogP contribution is 2.25. The molecule has 0 spiro atoms. The van der Waals surface area contributed by atoms with Gasteiger partial charge in [-0.1, -0.05) is 5.21 Å². The van der Waals surface area contributed by atoms with Crippen molar-refractivity contribution in [1.82, 2.24) is 20.3 Å². The number of ether oxygens (including phenoxy) is 1. The molecule has 0 bridgehead atoms. The molecule has 0 aliphatic heterocycles. The quantitative estimate of drug-likeness (QED) is 0.712. The number of esters is 1. The Morgan fingerprint density at radius 3 is 2.90 bits per heavy atom. The maximum atomic E-state index is 11.7. The molecule has 0 aromatic carbocycles. The monoisotopic (exact) mass is 296 g/mol. The minimum absolute atomic E-state index is 0.0529. The Labute approximate surface area is 124 Å². The Hall–Kier alpha value is -1.47. The van der Waals surface area contributed by atoms with Crippen molar-refractivity contribution in [2.24, 2.45) is 5.92 Å². The highest BCUT2D eigenvalue weighted by molar-refractivity contribution is 5.72. The Kier molecular flexibility index (Phi) is 6.13. The number of carbonyl (C=O) groups is 1. The molecule has 1 aliphatic rings. The third-order valence-electron chi connectivity index (χ3n) is 3.83. The van der Waals surface area contributed by atoms with E-state index in [0.29, 0.717) is 25.7 Å². The molecule has 0 atom stereocenters. The second kappa shape index (κ2) is 8.09. The number of aliphatic hydroxyl groups is 1. The second-order valence-electron chi connectivity index (χ2n) is 5.38. The molecule has 7 nitrogen and oxygen atoms in total. The van der Waals surface area contributed by atoms with Crippen molar-refractivity contribution < 1.29 is 14.6 Å². The van der Waals surface area contributed by atoms with Gasteiger partial charge in [0.1, 0.15) is 0 Å². The van der Waals surface area contributed by atoms with Crippen molar-refractivity contribution in [2.45, 2.75) is 51.7 Å². The zero-order chi connectivity index (χ0) is 15.1. The van der Waals surface area contributed by atoms with Gasteiger partial charge in [-0.2, -0.15) is 0 Å².